The molecule has 1 aliphatic heterocycles. The van der Waals surface area contributed by atoms with Crippen molar-refractivity contribution in [1.29, 1.82) is 0 Å². The zero-order valence-electron chi connectivity index (χ0n) is 15.1. The number of nitrogens with zero attached hydrogens (tertiary/aromatic N) is 3. The van der Waals surface area contributed by atoms with E-state index in [2.05, 4.69) is 36.9 Å². The minimum Gasteiger partial charge on any atom is -0.493 e. The molecule has 8 nitrogen and oxygen atoms in total. The van der Waals surface area contributed by atoms with Gasteiger partial charge in [-0.3, -0.25) is 10.1 Å². The number of ether oxygens (including phenoxy) is 1. The molecule has 0 spiro atoms. The summed E-state index contributed by atoms with van der Waals surface area (Å²) in [5.74, 6) is 3.70. The van der Waals surface area contributed by atoms with E-state index in [1.165, 1.54) is 0 Å². The molecular weight excluding hydrogens is 344 g/mol. The molecule has 0 saturated carbocycles. The number of benzene rings is 1. The van der Waals surface area contributed by atoms with E-state index in [0.717, 1.165) is 29.5 Å². The van der Waals surface area contributed by atoms with Crippen LogP contribution in [0.5, 0.6) is 5.75 Å². The Labute approximate surface area is 157 Å². The van der Waals surface area contributed by atoms with Crippen molar-refractivity contribution in [1.82, 2.24) is 25.8 Å². The standard InChI is InChI=1S/C19H22N6O2/c1-20-19(22-14-9-12-27-15-6-3-2-5-13(14)15)21-10-8-17-23-18(25-24-17)16-7-4-11-26-16/h2-7,11,14H,8-10,12H2,1H3,(H2,20,21,22)(H,23,24,25). The third kappa shape index (κ3) is 3.94. The first-order valence-electron chi connectivity index (χ1n) is 8.97. The van der Waals surface area contributed by atoms with Gasteiger partial charge in [-0.15, -0.1) is 0 Å². The topological polar surface area (TPSA) is 100 Å². The smallest absolute Gasteiger partial charge is 0.216 e. The van der Waals surface area contributed by atoms with E-state index >= 15 is 0 Å². The highest BCUT2D eigenvalue weighted by atomic mass is 16.5. The first-order valence-corrected chi connectivity index (χ1v) is 8.97. The van der Waals surface area contributed by atoms with Crippen LogP contribution in [0.2, 0.25) is 0 Å². The van der Waals surface area contributed by atoms with E-state index in [9.17, 15) is 0 Å². The van der Waals surface area contributed by atoms with Crippen molar-refractivity contribution in [2.75, 3.05) is 20.2 Å². The number of H-pyrrole nitrogens is 1. The molecule has 3 heterocycles. The van der Waals surface area contributed by atoms with Crippen LogP contribution in [-0.2, 0) is 6.42 Å². The lowest BCUT2D eigenvalue weighted by molar-refractivity contribution is 0.261. The minimum atomic E-state index is 0.178. The summed E-state index contributed by atoms with van der Waals surface area (Å²) in [5, 5.41) is 13.9. The molecule has 0 saturated heterocycles. The van der Waals surface area contributed by atoms with Gasteiger partial charge in [-0.05, 0) is 18.2 Å². The van der Waals surface area contributed by atoms with Crippen molar-refractivity contribution in [3.05, 3.63) is 54.0 Å². The third-order valence-electron chi connectivity index (χ3n) is 4.42. The highest BCUT2D eigenvalue weighted by Gasteiger charge is 2.21. The quantitative estimate of drug-likeness (QED) is 0.473. The van der Waals surface area contributed by atoms with E-state index in [-0.39, 0.29) is 6.04 Å². The highest BCUT2D eigenvalue weighted by Crippen LogP contribution is 2.31. The molecule has 0 bridgehead atoms. The van der Waals surface area contributed by atoms with Crippen LogP contribution in [-0.4, -0.2) is 41.3 Å². The summed E-state index contributed by atoms with van der Waals surface area (Å²) in [7, 11) is 1.77. The van der Waals surface area contributed by atoms with Gasteiger partial charge in [0.1, 0.15) is 11.6 Å². The van der Waals surface area contributed by atoms with Gasteiger partial charge in [0.25, 0.3) is 0 Å². The van der Waals surface area contributed by atoms with Gasteiger partial charge in [0.2, 0.25) is 5.82 Å². The second kappa shape index (κ2) is 7.94. The second-order valence-corrected chi connectivity index (χ2v) is 6.20. The first-order chi connectivity index (χ1) is 13.3. The van der Waals surface area contributed by atoms with Crippen molar-refractivity contribution in [2.24, 2.45) is 4.99 Å². The number of aliphatic imine (C=N–C) groups is 1. The van der Waals surface area contributed by atoms with Gasteiger partial charge in [-0.25, -0.2) is 4.98 Å². The maximum absolute atomic E-state index is 5.71. The third-order valence-corrected chi connectivity index (χ3v) is 4.42. The van der Waals surface area contributed by atoms with Gasteiger partial charge in [0, 0.05) is 32.0 Å². The molecule has 1 atom stereocenters. The van der Waals surface area contributed by atoms with Crippen LogP contribution in [0.25, 0.3) is 11.6 Å². The molecule has 1 unspecified atom stereocenters. The van der Waals surface area contributed by atoms with E-state index in [4.69, 9.17) is 9.15 Å². The number of hydrogen-bond acceptors (Lipinski definition) is 5. The Morgan fingerprint density at radius 2 is 2.22 bits per heavy atom. The Kier molecular flexibility index (Phi) is 5.04. The molecule has 27 heavy (non-hydrogen) atoms. The van der Waals surface area contributed by atoms with E-state index < -0.39 is 0 Å². The van der Waals surface area contributed by atoms with Gasteiger partial charge >= 0.3 is 0 Å². The van der Waals surface area contributed by atoms with Gasteiger partial charge in [-0.2, -0.15) is 5.10 Å². The second-order valence-electron chi connectivity index (χ2n) is 6.20. The number of fused-ring (bicyclic) bond motifs is 1. The summed E-state index contributed by atoms with van der Waals surface area (Å²) in [6.07, 6.45) is 3.20. The van der Waals surface area contributed by atoms with Crippen molar-refractivity contribution >= 4 is 5.96 Å². The lowest BCUT2D eigenvalue weighted by Gasteiger charge is -2.28. The van der Waals surface area contributed by atoms with Crippen LogP contribution in [0, 0.1) is 0 Å². The first kappa shape index (κ1) is 17.1. The highest BCUT2D eigenvalue weighted by molar-refractivity contribution is 5.80. The molecule has 1 aliphatic rings. The average molecular weight is 366 g/mol. The summed E-state index contributed by atoms with van der Waals surface area (Å²) in [6, 6.07) is 11.9. The number of rotatable bonds is 5. The molecule has 0 fully saturated rings. The zero-order valence-corrected chi connectivity index (χ0v) is 15.1. The van der Waals surface area contributed by atoms with Crippen LogP contribution in [0.4, 0.5) is 0 Å². The van der Waals surface area contributed by atoms with Gasteiger partial charge in [0.15, 0.2) is 11.7 Å². The molecule has 8 heteroatoms. The molecule has 1 aromatic carbocycles. The maximum Gasteiger partial charge on any atom is 0.216 e. The summed E-state index contributed by atoms with van der Waals surface area (Å²) >= 11 is 0. The maximum atomic E-state index is 5.71. The van der Waals surface area contributed by atoms with E-state index in [1.54, 1.807) is 13.3 Å². The zero-order chi connectivity index (χ0) is 18.5. The van der Waals surface area contributed by atoms with Gasteiger partial charge in [-0.1, -0.05) is 18.2 Å². The number of aromatic amines is 1. The molecule has 3 N–H and O–H groups in total. The lowest BCUT2D eigenvalue weighted by atomic mass is 10.0. The molecule has 3 aromatic rings. The molecule has 0 radical (unpaired) electrons. The molecule has 0 aliphatic carbocycles. The number of nitrogens with one attached hydrogen (secondary N) is 3. The lowest BCUT2D eigenvalue weighted by Crippen LogP contribution is -2.41. The van der Waals surface area contributed by atoms with Crippen LogP contribution < -0.4 is 15.4 Å². The molecule has 2 aromatic heterocycles. The average Bonchev–Trinajstić information content (AvgIpc) is 3.39. The summed E-state index contributed by atoms with van der Waals surface area (Å²) < 4.78 is 11.0. The molecule has 140 valence electrons. The number of para-hydroxylation sites is 1. The molecular formula is C19H22N6O2. The number of furan rings is 1. The largest absolute Gasteiger partial charge is 0.493 e. The number of aromatic nitrogens is 3. The van der Waals surface area contributed by atoms with Crippen molar-refractivity contribution in [3.63, 3.8) is 0 Å². The fourth-order valence-electron chi connectivity index (χ4n) is 3.07. The predicted octanol–water partition coefficient (Wildman–Crippen LogP) is 2.30. The summed E-state index contributed by atoms with van der Waals surface area (Å²) in [6.45, 7) is 1.37. The monoisotopic (exact) mass is 366 g/mol. The van der Waals surface area contributed by atoms with Crippen LogP contribution >= 0.6 is 0 Å². The van der Waals surface area contributed by atoms with Crippen molar-refractivity contribution < 1.29 is 9.15 Å². The Morgan fingerprint density at radius 1 is 1.30 bits per heavy atom. The fraction of sp³-hybridized carbons (Fsp3) is 0.316. The Hall–Kier alpha value is -3.29. The molecule has 0 amide bonds. The van der Waals surface area contributed by atoms with Crippen molar-refractivity contribution in [2.45, 2.75) is 18.9 Å². The molecule has 4 rings (SSSR count). The Bertz CT molecular complexity index is 903. The van der Waals surface area contributed by atoms with Crippen LogP contribution in [0.3, 0.4) is 0 Å². The minimum absolute atomic E-state index is 0.178. The van der Waals surface area contributed by atoms with Gasteiger partial charge < -0.3 is 19.8 Å². The van der Waals surface area contributed by atoms with Crippen LogP contribution in [0.15, 0.2) is 52.1 Å². The Morgan fingerprint density at radius 3 is 3.07 bits per heavy atom. The SMILES string of the molecule is CN=C(NCCc1nc(-c2ccco2)n[nH]1)NC1CCOc2ccccc21. The van der Waals surface area contributed by atoms with E-state index in [1.807, 2.05) is 30.3 Å². The van der Waals surface area contributed by atoms with Crippen molar-refractivity contribution in [3.8, 4) is 17.3 Å². The Balaban J connectivity index is 1.32. The predicted molar refractivity (Wildman–Crippen MR) is 102 cm³/mol. The summed E-state index contributed by atoms with van der Waals surface area (Å²) in [4.78, 5) is 8.77. The van der Waals surface area contributed by atoms with Crippen LogP contribution in [0.1, 0.15) is 23.9 Å². The summed E-state index contributed by atoms with van der Waals surface area (Å²) in [5.41, 5.74) is 1.16. The fourth-order valence-corrected chi connectivity index (χ4v) is 3.07. The normalized spacial score (nSPS) is 16.5. The van der Waals surface area contributed by atoms with E-state index in [0.29, 0.717) is 31.2 Å². The van der Waals surface area contributed by atoms with Gasteiger partial charge in [0.05, 0.1) is 18.9 Å². The number of hydrogen-bond donors (Lipinski definition) is 3. The number of guanidine groups is 1.